The summed E-state index contributed by atoms with van der Waals surface area (Å²) in [5.74, 6) is -1.06. The summed E-state index contributed by atoms with van der Waals surface area (Å²) in [6.07, 6.45) is 3.15. The van der Waals surface area contributed by atoms with E-state index in [0.29, 0.717) is 24.3 Å². The quantitative estimate of drug-likeness (QED) is 0.235. The van der Waals surface area contributed by atoms with Crippen molar-refractivity contribution in [2.45, 2.75) is 38.9 Å². The second-order valence-corrected chi connectivity index (χ2v) is 11.2. The molecule has 4 aromatic rings. The summed E-state index contributed by atoms with van der Waals surface area (Å²) in [6, 6.07) is 33.7. The summed E-state index contributed by atoms with van der Waals surface area (Å²) in [5, 5.41) is 14.4. The van der Waals surface area contributed by atoms with E-state index in [1.807, 2.05) is 61.7 Å². The average Bonchev–Trinajstić information content (AvgIpc) is 2.99. The third kappa shape index (κ3) is 9.64. The first-order valence-corrected chi connectivity index (χ1v) is 15.3. The van der Waals surface area contributed by atoms with Crippen molar-refractivity contribution >= 4 is 23.6 Å². The zero-order valence-electron chi connectivity index (χ0n) is 24.7. The summed E-state index contributed by atoms with van der Waals surface area (Å²) < 4.78 is 0. The molecule has 0 aliphatic heterocycles. The first-order chi connectivity index (χ1) is 19.9. The van der Waals surface area contributed by atoms with Gasteiger partial charge >= 0.3 is 18.9 Å². The Morgan fingerprint density at radius 3 is 2.07 bits per heavy atom. The van der Waals surface area contributed by atoms with Crippen LogP contribution in [0.1, 0.15) is 39.0 Å². The summed E-state index contributed by atoms with van der Waals surface area (Å²) in [7, 11) is 0. The molecule has 42 heavy (non-hydrogen) atoms. The van der Waals surface area contributed by atoms with Gasteiger partial charge in [0.1, 0.15) is 0 Å². The number of hydrogen-bond acceptors (Lipinski definition) is 5. The molecule has 0 radical (unpaired) electrons. The van der Waals surface area contributed by atoms with E-state index in [4.69, 9.17) is 0 Å². The number of carboxylic acid groups (broad SMARTS) is 1. The molecular formula is C35H37LiN2O3S. The molecule has 0 aliphatic rings. The summed E-state index contributed by atoms with van der Waals surface area (Å²) in [4.78, 5) is 27.6. The van der Waals surface area contributed by atoms with Gasteiger partial charge in [-0.1, -0.05) is 91.0 Å². The Kier molecular flexibility index (Phi) is 13.4. The van der Waals surface area contributed by atoms with Crippen molar-refractivity contribution in [1.82, 2.24) is 10.2 Å². The summed E-state index contributed by atoms with van der Waals surface area (Å²) in [5.41, 5.74) is 6.87. The minimum atomic E-state index is -1.27. The van der Waals surface area contributed by atoms with E-state index in [0.717, 1.165) is 41.8 Å². The number of nitrogens with one attached hydrogen (secondary N) is 1. The Morgan fingerprint density at radius 1 is 0.810 bits per heavy atom. The molecule has 0 aromatic heterocycles. The maximum Gasteiger partial charge on any atom is 1.00 e. The van der Waals surface area contributed by atoms with Gasteiger partial charge in [0.2, 0.25) is 0 Å². The van der Waals surface area contributed by atoms with Crippen molar-refractivity contribution in [3.8, 4) is 11.1 Å². The number of carbonyl (C=O) groups is 2. The third-order valence-corrected chi connectivity index (χ3v) is 7.82. The van der Waals surface area contributed by atoms with Crippen LogP contribution in [-0.4, -0.2) is 41.4 Å². The van der Waals surface area contributed by atoms with Gasteiger partial charge in [0.25, 0.3) is 5.91 Å². The van der Waals surface area contributed by atoms with E-state index < -0.39 is 17.9 Å². The topological polar surface area (TPSA) is 72.5 Å². The van der Waals surface area contributed by atoms with E-state index >= 15 is 0 Å². The molecule has 0 aliphatic carbocycles. The Hall–Kier alpha value is -3.27. The normalized spacial score (nSPS) is 11.5. The molecular weight excluding hydrogens is 535 g/mol. The largest absolute Gasteiger partial charge is 1.00 e. The van der Waals surface area contributed by atoms with Crippen LogP contribution in [-0.2, 0) is 24.3 Å². The van der Waals surface area contributed by atoms with Crippen molar-refractivity contribution in [1.29, 1.82) is 0 Å². The van der Waals surface area contributed by atoms with Gasteiger partial charge in [-0.3, -0.25) is 9.69 Å². The number of nitrogens with zero attached hydrogens (tertiary/aromatic N) is 1. The Morgan fingerprint density at radius 2 is 1.43 bits per heavy atom. The number of rotatable bonds is 14. The summed E-state index contributed by atoms with van der Waals surface area (Å²) >= 11 is 1.54. The van der Waals surface area contributed by atoms with Crippen molar-refractivity contribution in [3.05, 3.63) is 131 Å². The molecule has 0 saturated carbocycles. The molecule has 7 heteroatoms. The number of carboxylic acids is 1. The van der Waals surface area contributed by atoms with Crippen molar-refractivity contribution in [2.24, 2.45) is 0 Å². The predicted molar refractivity (Wildman–Crippen MR) is 167 cm³/mol. The maximum atomic E-state index is 13.4. The van der Waals surface area contributed by atoms with Crippen LogP contribution in [0.2, 0.25) is 0 Å². The SMILES string of the molecule is CSCC[C@H](NC(=O)c1ccc(CN(CCc2ccccc2)Cc2ccccc2)cc1-c1ccccc1C)C(=O)[O-].[Li+]. The molecule has 4 aromatic carbocycles. The van der Waals surface area contributed by atoms with Crippen LogP contribution in [0, 0.1) is 6.92 Å². The van der Waals surface area contributed by atoms with Crippen molar-refractivity contribution in [2.75, 3.05) is 18.6 Å². The number of thioether (sulfide) groups is 1. The van der Waals surface area contributed by atoms with Crippen molar-refractivity contribution in [3.63, 3.8) is 0 Å². The molecule has 1 atom stereocenters. The van der Waals surface area contributed by atoms with Crippen LogP contribution < -0.4 is 29.3 Å². The number of aliphatic carboxylic acids is 1. The van der Waals surface area contributed by atoms with E-state index in [1.54, 1.807) is 0 Å². The minimum Gasteiger partial charge on any atom is -0.548 e. The summed E-state index contributed by atoms with van der Waals surface area (Å²) in [6.45, 7) is 4.41. The molecule has 0 unspecified atom stereocenters. The standard InChI is InChI=1S/C35H38N2O3S.Li/c1-26-11-9-10-16-30(26)32-23-29(17-18-31(32)34(38)36-33(35(39)40)20-22-41-2)25-37(24-28-14-7-4-8-15-28)21-19-27-12-5-3-6-13-27;/h3-18,23,33H,19-22,24-25H2,1-2H3,(H,36,38)(H,39,40);/q;+1/p-1/t33-;/m0./s1. The number of hydrogen-bond donors (Lipinski definition) is 1. The van der Waals surface area contributed by atoms with Crippen LogP contribution in [0.4, 0.5) is 0 Å². The fraction of sp³-hybridized carbons (Fsp3) is 0.257. The van der Waals surface area contributed by atoms with Gasteiger partial charge in [-0.15, -0.1) is 0 Å². The number of carbonyl (C=O) groups excluding carboxylic acids is 2. The molecule has 0 spiro atoms. The Balaban J connectivity index is 0.00000484. The molecule has 5 nitrogen and oxygen atoms in total. The van der Waals surface area contributed by atoms with E-state index in [9.17, 15) is 14.7 Å². The first kappa shape index (κ1) is 33.2. The molecule has 0 saturated heterocycles. The number of amides is 1. The molecule has 212 valence electrons. The fourth-order valence-electron chi connectivity index (χ4n) is 4.95. The van der Waals surface area contributed by atoms with Gasteiger partial charge in [0.15, 0.2) is 0 Å². The van der Waals surface area contributed by atoms with Crippen LogP contribution in [0.25, 0.3) is 11.1 Å². The van der Waals surface area contributed by atoms with Gasteiger partial charge in [-0.25, -0.2) is 0 Å². The smallest absolute Gasteiger partial charge is 0.548 e. The Bertz CT molecular complexity index is 1430. The zero-order chi connectivity index (χ0) is 29.0. The monoisotopic (exact) mass is 572 g/mol. The van der Waals surface area contributed by atoms with Crippen LogP contribution >= 0.6 is 11.8 Å². The van der Waals surface area contributed by atoms with E-state index in [2.05, 4.69) is 64.8 Å². The fourth-order valence-corrected chi connectivity index (χ4v) is 5.42. The molecule has 1 amide bonds. The van der Waals surface area contributed by atoms with Gasteiger partial charge in [-0.05, 0) is 77.3 Å². The van der Waals surface area contributed by atoms with Crippen molar-refractivity contribution < 1.29 is 33.6 Å². The molecule has 0 bridgehead atoms. The van der Waals surface area contributed by atoms with Gasteiger partial charge in [0.05, 0.1) is 12.0 Å². The second-order valence-electron chi connectivity index (χ2n) is 10.3. The average molecular weight is 573 g/mol. The maximum absolute atomic E-state index is 13.4. The first-order valence-electron chi connectivity index (χ1n) is 13.9. The minimum absolute atomic E-state index is 0. The third-order valence-electron chi connectivity index (χ3n) is 7.18. The molecule has 0 heterocycles. The molecule has 4 rings (SSSR count). The van der Waals surface area contributed by atoms with Crippen LogP contribution in [0.5, 0.6) is 0 Å². The zero-order valence-corrected chi connectivity index (χ0v) is 25.5. The van der Waals surface area contributed by atoms with E-state index in [1.165, 1.54) is 22.9 Å². The molecule has 1 N–H and O–H groups in total. The van der Waals surface area contributed by atoms with Gasteiger partial charge in [-0.2, -0.15) is 11.8 Å². The Labute approximate surface area is 265 Å². The second kappa shape index (κ2) is 17.0. The predicted octanol–water partition coefficient (Wildman–Crippen LogP) is 2.51. The molecule has 0 fully saturated rings. The number of benzene rings is 4. The number of aryl methyl sites for hydroxylation is 1. The van der Waals surface area contributed by atoms with E-state index in [-0.39, 0.29) is 18.9 Å². The van der Waals surface area contributed by atoms with Gasteiger partial charge in [0, 0.05) is 25.2 Å². The van der Waals surface area contributed by atoms with Gasteiger partial charge < -0.3 is 15.2 Å². The van der Waals surface area contributed by atoms with Crippen LogP contribution in [0.15, 0.2) is 103 Å². The van der Waals surface area contributed by atoms with Crippen LogP contribution in [0.3, 0.4) is 0 Å².